The monoisotopic (exact) mass is 280 g/mol. The molecule has 0 fully saturated rings. The van der Waals surface area contributed by atoms with Gasteiger partial charge in [-0.15, -0.1) is 0 Å². The molecule has 0 aliphatic rings. The summed E-state index contributed by atoms with van der Waals surface area (Å²) in [6.07, 6.45) is 0. The van der Waals surface area contributed by atoms with Crippen molar-refractivity contribution in [1.82, 2.24) is 5.32 Å². The van der Waals surface area contributed by atoms with Crippen LogP contribution in [0.25, 0.3) is 0 Å². The Labute approximate surface area is 104 Å². The Balaban J connectivity index is 5.30. The summed E-state index contributed by atoms with van der Waals surface area (Å²) in [6, 6.07) is -1.20. The first kappa shape index (κ1) is 16.4. The summed E-state index contributed by atoms with van der Waals surface area (Å²) >= 11 is 0. The Hall–Kier alpha value is -1.64. The van der Waals surface area contributed by atoms with Gasteiger partial charge in [0, 0.05) is 0 Å². The molecule has 0 spiro atoms. The molecule has 18 heavy (non-hydrogen) atoms. The van der Waals surface area contributed by atoms with E-state index in [2.05, 4.69) is 5.73 Å². The molecule has 0 aromatic carbocycles. The Morgan fingerprint density at radius 1 is 1.17 bits per heavy atom. The zero-order chi connectivity index (χ0) is 14.7. The van der Waals surface area contributed by atoms with E-state index in [0.29, 0.717) is 0 Å². The number of carbonyl (C=O) groups is 3. The van der Waals surface area contributed by atoms with Crippen LogP contribution in [0.3, 0.4) is 0 Å². The number of sulfone groups is 1. The summed E-state index contributed by atoms with van der Waals surface area (Å²) < 4.78 is 23.9. The molecule has 0 aromatic rings. The van der Waals surface area contributed by atoms with E-state index in [-0.39, 0.29) is 0 Å². The molecule has 0 aliphatic heterocycles. The number of rotatable bonds is 5. The molecule has 0 aromatic heterocycles. The molecule has 0 rings (SSSR count). The van der Waals surface area contributed by atoms with E-state index in [1.807, 2.05) is 0 Å². The summed E-state index contributed by atoms with van der Waals surface area (Å²) in [5.41, 5.74) is 4.69. The number of carboxylic acid groups (broad SMARTS) is 1. The lowest BCUT2D eigenvalue weighted by molar-refractivity contribution is -0.137. The van der Waals surface area contributed by atoms with Gasteiger partial charge in [-0.25, -0.2) is 13.2 Å². The van der Waals surface area contributed by atoms with Crippen molar-refractivity contribution >= 4 is 27.7 Å². The van der Waals surface area contributed by atoms with E-state index < -0.39 is 44.2 Å². The molecule has 8 nitrogen and oxygen atoms in total. The number of carboxylic acids is 1. The van der Waals surface area contributed by atoms with Gasteiger partial charge in [-0.1, -0.05) is 13.8 Å². The first-order chi connectivity index (χ1) is 8.01. The van der Waals surface area contributed by atoms with Gasteiger partial charge in [-0.2, -0.15) is 0 Å². The topological polar surface area (TPSA) is 144 Å². The first-order valence-electron chi connectivity index (χ1n) is 5.07. The maximum Gasteiger partial charge on any atom is 0.322 e. The Morgan fingerprint density at radius 2 is 1.61 bits per heavy atom. The van der Waals surface area contributed by atoms with Crippen molar-refractivity contribution in [3.8, 4) is 0 Å². The second-order valence-corrected chi connectivity index (χ2v) is 6.48. The van der Waals surface area contributed by atoms with E-state index in [1.165, 1.54) is 13.8 Å². The molecular formula is C9H16N2O6S. The lowest BCUT2D eigenvalue weighted by Crippen LogP contribution is -2.49. The van der Waals surface area contributed by atoms with Gasteiger partial charge in [0.15, 0.2) is 15.1 Å². The molecule has 0 aliphatic carbocycles. The normalized spacial score (nSPS) is 14.9. The van der Waals surface area contributed by atoms with Crippen LogP contribution in [0.5, 0.6) is 0 Å². The van der Waals surface area contributed by atoms with Gasteiger partial charge in [-0.05, 0) is 12.8 Å². The highest BCUT2D eigenvalue weighted by Crippen LogP contribution is 2.18. The largest absolute Gasteiger partial charge is 0.480 e. The van der Waals surface area contributed by atoms with E-state index in [1.54, 1.807) is 5.32 Å². The number of urea groups is 1. The zero-order valence-corrected chi connectivity index (χ0v) is 11.0. The van der Waals surface area contributed by atoms with E-state index >= 15 is 0 Å². The van der Waals surface area contributed by atoms with Crippen LogP contribution in [0.15, 0.2) is 0 Å². The average Bonchev–Trinajstić information content (AvgIpc) is 2.12. The van der Waals surface area contributed by atoms with Crippen LogP contribution in [-0.4, -0.2) is 41.9 Å². The SMILES string of the molecule is CC(C)C(C(=O)O)S(=O)(=O)C(C)C(=O)NC(N)=O. The van der Waals surface area contributed by atoms with Crippen molar-refractivity contribution in [2.24, 2.45) is 11.7 Å². The van der Waals surface area contributed by atoms with Gasteiger partial charge in [-0.3, -0.25) is 14.9 Å². The van der Waals surface area contributed by atoms with Crippen LogP contribution in [0.4, 0.5) is 4.79 Å². The summed E-state index contributed by atoms with van der Waals surface area (Å²) in [5, 5.41) is 7.11. The molecule has 3 amide bonds. The first-order valence-corrected chi connectivity index (χ1v) is 6.68. The maximum absolute atomic E-state index is 11.9. The number of aliphatic carboxylic acids is 1. The molecule has 9 heteroatoms. The van der Waals surface area contributed by atoms with Gasteiger partial charge in [0.25, 0.3) is 0 Å². The fraction of sp³-hybridized carbons (Fsp3) is 0.667. The minimum Gasteiger partial charge on any atom is -0.480 e. The van der Waals surface area contributed by atoms with Gasteiger partial charge in [0.2, 0.25) is 5.91 Å². The van der Waals surface area contributed by atoms with Crippen molar-refractivity contribution in [1.29, 1.82) is 0 Å². The second kappa shape index (κ2) is 5.80. The van der Waals surface area contributed by atoms with E-state index in [4.69, 9.17) is 5.11 Å². The molecule has 4 N–H and O–H groups in total. The highest BCUT2D eigenvalue weighted by molar-refractivity contribution is 7.94. The van der Waals surface area contributed by atoms with Gasteiger partial charge in [0.1, 0.15) is 5.25 Å². The molecule has 0 saturated heterocycles. The minimum atomic E-state index is -4.26. The zero-order valence-electron chi connectivity index (χ0n) is 10.2. The number of nitrogens with one attached hydrogen (secondary N) is 1. The predicted octanol–water partition coefficient (Wildman–Crippen LogP) is -0.906. The predicted molar refractivity (Wildman–Crippen MR) is 62.4 cm³/mol. The number of hydrogen-bond donors (Lipinski definition) is 3. The fourth-order valence-corrected chi connectivity index (χ4v) is 3.23. The van der Waals surface area contributed by atoms with E-state index in [9.17, 15) is 22.8 Å². The molecule has 104 valence electrons. The molecule has 0 heterocycles. The maximum atomic E-state index is 11.9. The second-order valence-electron chi connectivity index (χ2n) is 4.09. The highest BCUT2D eigenvalue weighted by atomic mass is 32.2. The Bertz CT molecular complexity index is 456. The summed E-state index contributed by atoms with van der Waals surface area (Å²) in [6.45, 7) is 3.83. The van der Waals surface area contributed by atoms with Gasteiger partial charge >= 0.3 is 12.0 Å². The highest BCUT2D eigenvalue weighted by Gasteiger charge is 2.42. The van der Waals surface area contributed by atoms with Crippen LogP contribution in [0.1, 0.15) is 20.8 Å². The Morgan fingerprint density at radius 3 is 1.89 bits per heavy atom. The lowest BCUT2D eigenvalue weighted by atomic mass is 10.1. The number of primary amides is 1. The van der Waals surface area contributed by atoms with Crippen molar-refractivity contribution < 1.29 is 27.9 Å². The fourth-order valence-electron chi connectivity index (χ4n) is 1.40. The van der Waals surface area contributed by atoms with Crippen molar-refractivity contribution in [3.63, 3.8) is 0 Å². The summed E-state index contributed by atoms with van der Waals surface area (Å²) in [4.78, 5) is 32.8. The van der Waals surface area contributed by atoms with Gasteiger partial charge in [0.05, 0.1) is 0 Å². The van der Waals surface area contributed by atoms with Crippen LogP contribution in [0, 0.1) is 5.92 Å². The number of imide groups is 1. The molecule has 0 bridgehead atoms. The molecule has 0 radical (unpaired) electrons. The van der Waals surface area contributed by atoms with Crippen LogP contribution in [-0.2, 0) is 19.4 Å². The van der Waals surface area contributed by atoms with E-state index in [0.717, 1.165) is 6.92 Å². The van der Waals surface area contributed by atoms with Crippen molar-refractivity contribution in [2.75, 3.05) is 0 Å². The smallest absolute Gasteiger partial charge is 0.322 e. The molecule has 2 atom stereocenters. The van der Waals surface area contributed by atoms with Crippen LogP contribution < -0.4 is 11.1 Å². The number of carbonyl (C=O) groups excluding carboxylic acids is 2. The van der Waals surface area contributed by atoms with Gasteiger partial charge < -0.3 is 10.8 Å². The third kappa shape index (κ3) is 3.69. The average molecular weight is 280 g/mol. The number of hydrogen-bond acceptors (Lipinski definition) is 5. The standard InChI is InChI=1S/C9H16N2O6S/c1-4(2)6(8(13)14)18(16,17)5(3)7(12)11-9(10)15/h4-6H,1-3H3,(H,13,14)(H3,10,11,12,15). The number of nitrogens with two attached hydrogens (primary N) is 1. The summed E-state index contributed by atoms with van der Waals surface area (Å²) in [7, 11) is -4.26. The van der Waals surface area contributed by atoms with Crippen molar-refractivity contribution in [2.45, 2.75) is 31.3 Å². The van der Waals surface area contributed by atoms with Crippen LogP contribution in [0.2, 0.25) is 0 Å². The molecular weight excluding hydrogens is 264 g/mol. The number of amides is 3. The quantitative estimate of drug-likeness (QED) is 0.595. The van der Waals surface area contributed by atoms with Crippen LogP contribution >= 0.6 is 0 Å². The third-order valence-corrected chi connectivity index (χ3v) is 4.96. The lowest BCUT2D eigenvalue weighted by Gasteiger charge is -2.20. The molecule has 2 unspecified atom stereocenters. The van der Waals surface area contributed by atoms with Crippen molar-refractivity contribution in [3.05, 3.63) is 0 Å². The third-order valence-electron chi connectivity index (χ3n) is 2.31. The molecule has 0 saturated carbocycles. The minimum absolute atomic E-state index is 0.712. The Kier molecular flexibility index (Phi) is 5.28. The summed E-state index contributed by atoms with van der Waals surface area (Å²) in [5.74, 6) is -3.39.